The number of hydrogen-bond acceptors (Lipinski definition) is 4. The largest absolute Gasteiger partial charge is 0.492 e. The Hall–Kier alpha value is -1.11. The van der Waals surface area contributed by atoms with Crippen molar-refractivity contribution in [1.29, 1.82) is 0 Å². The molecule has 1 atom stereocenters. The number of rotatable bonds is 7. The van der Waals surface area contributed by atoms with Crippen LogP contribution in [0.15, 0.2) is 28.7 Å². The zero-order chi connectivity index (χ0) is 14.9. The van der Waals surface area contributed by atoms with Gasteiger partial charge in [-0.1, -0.05) is 12.1 Å². The van der Waals surface area contributed by atoms with Gasteiger partial charge in [0, 0.05) is 19.4 Å². The molecule has 1 unspecified atom stereocenters. The predicted octanol–water partition coefficient (Wildman–Crippen LogP) is 3.18. The molecule has 21 heavy (non-hydrogen) atoms. The van der Waals surface area contributed by atoms with Gasteiger partial charge < -0.3 is 9.47 Å². The highest BCUT2D eigenvalue weighted by molar-refractivity contribution is 9.10. The predicted molar refractivity (Wildman–Crippen MR) is 81.7 cm³/mol. The maximum atomic E-state index is 11.6. The number of nitrogens with one attached hydrogen (secondary N) is 1. The summed E-state index contributed by atoms with van der Waals surface area (Å²) < 4.78 is 11.9. The van der Waals surface area contributed by atoms with Gasteiger partial charge in [0.2, 0.25) is 5.91 Å². The summed E-state index contributed by atoms with van der Waals surface area (Å²) in [6.45, 7) is 1.18. The quantitative estimate of drug-likeness (QED) is 0.601. The maximum absolute atomic E-state index is 11.6. The third-order valence-corrected chi connectivity index (χ3v) is 3.74. The molecular weight excluding hydrogens is 338 g/mol. The number of amides is 1. The molecule has 0 spiro atoms. The number of ether oxygens (including phenoxy) is 2. The Bertz CT molecular complexity index is 449. The highest BCUT2D eigenvalue weighted by Crippen LogP contribution is 2.23. The number of carbonyl (C=O) groups excluding carboxylic acids is 1. The summed E-state index contributed by atoms with van der Waals surface area (Å²) in [5.41, 5.74) is 2.43. The molecular formula is C15H20BrNO4. The van der Waals surface area contributed by atoms with Crippen LogP contribution in [0.1, 0.15) is 32.1 Å². The number of carbonyl (C=O) groups is 1. The molecule has 0 radical (unpaired) electrons. The van der Waals surface area contributed by atoms with E-state index in [0.717, 1.165) is 29.5 Å². The van der Waals surface area contributed by atoms with Gasteiger partial charge in [-0.15, -0.1) is 0 Å². The lowest BCUT2D eigenvalue weighted by molar-refractivity contribution is -0.200. The van der Waals surface area contributed by atoms with E-state index in [1.54, 1.807) is 0 Å². The second-order valence-corrected chi connectivity index (χ2v) is 5.68. The van der Waals surface area contributed by atoms with Crippen molar-refractivity contribution >= 4 is 21.8 Å². The monoisotopic (exact) mass is 357 g/mol. The summed E-state index contributed by atoms with van der Waals surface area (Å²) in [6.07, 6.45) is 3.63. The van der Waals surface area contributed by atoms with Gasteiger partial charge in [0.1, 0.15) is 5.75 Å². The van der Waals surface area contributed by atoms with Crippen molar-refractivity contribution in [2.75, 3.05) is 13.2 Å². The Morgan fingerprint density at radius 3 is 3.00 bits per heavy atom. The first-order valence-electron chi connectivity index (χ1n) is 7.19. The molecule has 116 valence electrons. The van der Waals surface area contributed by atoms with Crippen molar-refractivity contribution in [3.63, 3.8) is 0 Å². The molecule has 1 amide bonds. The molecule has 1 N–H and O–H groups in total. The lowest BCUT2D eigenvalue weighted by Crippen LogP contribution is -2.33. The molecule has 1 fully saturated rings. The molecule has 0 saturated carbocycles. The van der Waals surface area contributed by atoms with Gasteiger partial charge >= 0.3 is 0 Å². The van der Waals surface area contributed by atoms with E-state index in [2.05, 4.69) is 21.4 Å². The SMILES string of the molecule is O=C(CCCOc1ccccc1Br)NOC1CCCCO1. The van der Waals surface area contributed by atoms with Crippen LogP contribution in [-0.2, 0) is 14.4 Å². The Kier molecular flexibility index (Phi) is 6.99. The second kappa shape index (κ2) is 9.02. The topological polar surface area (TPSA) is 56.8 Å². The van der Waals surface area contributed by atoms with Gasteiger partial charge in [-0.05, 0) is 47.3 Å². The van der Waals surface area contributed by atoms with Crippen molar-refractivity contribution < 1.29 is 19.1 Å². The maximum Gasteiger partial charge on any atom is 0.243 e. The van der Waals surface area contributed by atoms with Crippen molar-refractivity contribution in [3.05, 3.63) is 28.7 Å². The van der Waals surface area contributed by atoms with Gasteiger partial charge in [0.25, 0.3) is 0 Å². The number of hydrogen-bond donors (Lipinski definition) is 1. The van der Waals surface area contributed by atoms with Crippen LogP contribution in [0.4, 0.5) is 0 Å². The van der Waals surface area contributed by atoms with Crippen molar-refractivity contribution in [3.8, 4) is 5.75 Å². The molecule has 2 rings (SSSR count). The van der Waals surface area contributed by atoms with Gasteiger partial charge in [0.05, 0.1) is 11.1 Å². The van der Waals surface area contributed by atoms with E-state index in [1.165, 1.54) is 0 Å². The van der Waals surface area contributed by atoms with Crippen LogP contribution in [0.2, 0.25) is 0 Å². The average molecular weight is 358 g/mol. The minimum atomic E-state index is -0.306. The fraction of sp³-hybridized carbons (Fsp3) is 0.533. The second-order valence-electron chi connectivity index (χ2n) is 4.82. The summed E-state index contributed by atoms with van der Waals surface area (Å²) >= 11 is 3.41. The normalized spacial score (nSPS) is 18.2. The highest BCUT2D eigenvalue weighted by atomic mass is 79.9. The summed E-state index contributed by atoms with van der Waals surface area (Å²) in [4.78, 5) is 16.8. The molecule has 1 aromatic carbocycles. The zero-order valence-electron chi connectivity index (χ0n) is 11.8. The van der Waals surface area contributed by atoms with Crippen molar-refractivity contribution in [2.24, 2.45) is 0 Å². The number of para-hydroxylation sites is 1. The molecule has 0 bridgehead atoms. The molecule has 1 saturated heterocycles. The standard InChI is InChI=1S/C15H20BrNO4/c16-12-6-1-2-7-13(12)19-11-5-8-14(18)17-21-15-9-3-4-10-20-15/h1-2,6-7,15H,3-5,8-11H2,(H,17,18). The van der Waals surface area contributed by atoms with E-state index in [1.807, 2.05) is 24.3 Å². The van der Waals surface area contributed by atoms with Crippen molar-refractivity contribution in [1.82, 2.24) is 5.48 Å². The molecule has 0 aliphatic carbocycles. The molecule has 1 heterocycles. The first-order chi connectivity index (χ1) is 10.3. The Morgan fingerprint density at radius 1 is 1.38 bits per heavy atom. The van der Waals surface area contributed by atoms with Crippen LogP contribution in [0.3, 0.4) is 0 Å². The lowest BCUT2D eigenvalue weighted by Gasteiger charge is -2.22. The Balaban J connectivity index is 1.56. The lowest BCUT2D eigenvalue weighted by atomic mass is 10.2. The minimum absolute atomic E-state index is 0.153. The van der Waals surface area contributed by atoms with Crippen LogP contribution >= 0.6 is 15.9 Å². The molecule has 6 heteroatoms. The van der Waals surface area contributed by atoms with Gasteiger partial charge in [-0.3, -0.25) is 4.79 Å². The smallest absolute Gasteiger partial charge is 0.243 e. The van der Waals surface area contributed by atoms with Crippen LogP contribution < -0.4 is 10.2 Å². The molecule has 1 aliphatic heterocycles. The van der Waals surface area contributed by atoms with Crippen LogP contribution in [0.25, 0.3) is 0 Å². The summed E-state index contributed by atoms with van der Waals surface area (Å²) in [5, 5.41) is 0. The molecule has 1 aliphatic rings. The number of benzene rings is 1. The Labute approximate surface area is 133 Å². The highest BCUT2D eigenvalue weighted by Gasteiger charge is 2.15. The number of hydroxylamine groups is 1. The molecule has 0 aromatic heterocycles. The fourth-order valence-corrected chi connectivity index (χ4v) is 2.36. The summed E-state index contributed by atoms with van der Waals surface area (Å²) in [7, 11) is 0. The van der Waals surface area contributed by atoms with Gasteiger partial charge in [-0.2, -0.15) is 0 Å². The van der Waals surface area contributed by atoms with Crippen molar-refractivity contribution in [2.45, 2.75) is 38.4 Å². The minimum Gasteiger partial charge on any atom is -0.492 e. The molecule has 1 aromatic rings. The third-order valence-electron chi connectivity index (χ3n) is 3.08. The van der Waals surface area contributed by atoms with E-state index in [4.69, 9.17) is 14.3 Å². The fourth-order valence-electron chi connectivity index (χ4n) is 1.96. The first-order valence-corrected chi connectivity index (χ1v) is 7.98. The van der Waals surface area contributed by atoms with E-state index in [9.17, 15) is 4.79 Å². The third kappa shape index (κ3) is 6.03. The average Bonchev–Trinajstić information content (AvgIpc) is 2.52. The van der Waals surface area contributed by atoms with Gasteiger partial charge in [0.15, 0.2) is 6.29 Å². The zero-order valence-corrected chi connectivity index (χ0v) is 13.4. The van der Waals surface area contributed by atoms with E-state index in [-0.39, 0.29) is 12.2 Å². The van der Waals surface area contributed by atoms with Crippen LogP contribution in [-0.4, -0.2) is 25.4 Å². The van der Waals surface area contributed by atoms with E-state index < -0.39 is 0 Å². The van der Waals surface area contributed by atoms with Crippen LogP contribution in [0, 0.1) is 0 Å². The Morgan fingerprint density at radius 2 is 2.24 bits per heavy atom. The van der Waals surface area contributed by atoms with Crippen LogP contribution in [0.5, 0.6) is 5.75 Å². The summed E-state index contributed by atoms with van der Waals surface area (Å²) in [6, 6.07) is 7.63. The van der Waals surface area contributed by atoms with E-state index in [0.29, 0.717) is 26.1 Å². The molecule has 5 nitrogen and oxygen atoms in total. The number of halogens is 1. The first kappa shape index (κ1) is 16.3. The van der Waals surface area contributed by atoms with E-state index >= 15 is 0 Å². The van der Waals surface area contributed by atoms with Gasteiger partial charge in [-0.25, -0.2) is 10.3 Å². The summed E-state index contributed by atoms with van der Waals surface area (Å²) in [5.74, 6) is 0.629.